The second kappa shape index (κ2) is 4.52. The van der Waals surface area contributed by atoms with E-state index in [1.807, 2.05) is 6.92 Å². The van der Waals surface area contributed by atoms with Crippen LogP contribution in [0.1, 0.15) is 13.3 Å². The van der Waals surface area contributed by atoms with Crippen LogP contribution in [-0.2, 0) is 18.9 Å². The first-order valence-corrected chi connectivity index (χ1v) is 5.98. The Morgan fingerprint density at radius 1 is 1.37 bits per heavy atom. The number of carboxylic acids is 1. The molecular weight excluding hydrogens is 252 g/mol. The normalized spacial score (nSPS) is 22.8. The predicted molar refractivity (Wildman–Crippen MR) is 67.3 cm³/mol. The molecule has 0 aliphatic carbocycles. The molecule has 19 heavy (non-hydrogen) atoms. The molecule has 1 aliphatic heterocycles. The van der Waals surface area contributed by atoms with Crippen molar-refractivity contribution in [3.8, 4) is 0 Å². The van der Waals surface area contributed by atoms with Gasteiger partial charge in [-0.2, -0.15) is 0 Å². The number of aryl methyl sites for hydroxylation is 1. The third kappa shape index (κ3) is 2.02. The zero-order valence-corrected chi connectivity index (χ0v) is 11.0. The highest BCUT2D eigenvalue weighted by molar-refractivity contribution is 5.78. The average molecular weight is 268 g/mol. The smallest absolute Gasteiger partial charge is 0.346 e. The van der Waals surface area contributed by atoms with Crippen LogP contribution in [0.4, 0.5) is 5.82 Å². The number of hydrogen-bond donors (Lipinski definition) is 1. The van der Waals surface area contributed by atoms with Gasteiger partial charge in [0.05, 0.1) is 0 Å². The minimum Gasteiger partial charge on any atom is -0.480 e. The third-order valence-corrected chi connectivity index (χ3v) is 3.53. The summed E-state index contributed by atoms with van der Waals surface area (Å²) < 4.78 is 1.98. The van der Waals surface area contributed by atoms with Crippen molar-refractivity contribution in [3.63, 3.8) is 0 Å². The summed E-state index contributed by atoms with van der Waals surface area (Å²) in [6, 6.07) is -0.780. The molecule has 0 bridgehead atoms. The van der Waals surface area contributed by atoms with E-state index in [0.29, 0.717) is 13.0 Å². The molecule has 1 aromatic rings. The van der Waals surface area contributed by atoms with Crippen molar-refractivity contribution in [2.24, 2.45) is 20.0 Å². The topological polar surface area (TPSA) is 97.4 Å². The van der Waals surface area contributed by atoms with Crippen LogP contribution in [0.3, 0.4) is 0 Å². The van der Waals surface area contributed by atoms with E-state index < -0.39 is 23.3 Å². The molecule has 0 spiro atoms. The van der Waals surface area contributed by atoms with Gasteiger partial charge in [-0.05, 0) is 12.3 Å². The molecular formula is C11H16N4O4. The number of nitrogens with zero attached hydrogens (tertiary/aromatic N) is 4. The van der Waals surface area contributed by atoms with Crippen LogP contribution in [-0.4, -0.2) is 38.0 Å². The summed E-state index contributed by atoms with van der Waals surface area (Å²) in [4.78, 5) is 36.4. The Labute approximate surface area is 108 Å². The molecule has 0 saturated carbocycles. The minimum atomic E-state index is -0.984. The van der Waals surface area contributed by atoms with Crippen molar-refractivity contribution >= 4 is 11.8 Å². The molecule has 0 radical (unpaired) electrons. The molecule has 1 saturated heterocycles. The van der Waals surface area contributed by atoms with Gasteiger partial charge in [0.1, 0.15) is 6.04 Å². The lowest BCUT2D eigenvalue weighted by atomic mass is 10.0. The molecule has 8 nitrogen and oxygen atoms in total. The van der Waals surface area contributed by atoms with Gasteiger partial charge in [-0.1, -0.05) is 6.92 Å². The molecule has 2 heterocycles. The first-order valence-electron chi connectivity index (χ1n) is 5.98. The van der Waals surface area contributed by atoms with Gasteiger partial charge in [-0.25, -0.2) is 14.3 Å². The fourth-order valence-electron chi connectivity index (χ4n) is 2.42. The van der Waals surface area contributed by atoms with E-state index in [2.05, 4.69) is 5.10 Å². The number of aliphatic carboxylic acids is 1. The van der Waals surface area contributed by atoms with Gasteiger partial charge in [-0.3, -0.25) is 9.36 Å². The Bertz CT molecular complexity index is 633. The molecule has 2 rings (SSSR count). The third-order valence-electron chi connectivity index (χ3n) is 3.53. The van der Waals surface area contributed by atoms with E-state index in [1.54, 1.807) is 0 Å². The Morgan fingerprint density at radius 3 is 2.58 bits per heavy atom. The molecule has 8 heteroatoms. The lowest BCUT2D eigenvalue weighted by Crippen LogP contribution is -2.47. The van der Waals surface area contributed by atoms with Crippen LogP contribution < -0.4 is 16.1 Å². The van der Waals surface area contributed by atoms with E-state index in [-0.39, 0.29) is 11.7 Å². The number of aromatic nitrogens is 3. The van der Waals surface area contributed by atoms with E-state index in [0.717, 1.165) is 9.25 Å². The Kier molecular flexibility index (Phi) is 3.17. The number of hydrogen-bond acceptors (Lipinski definition) is 5. The fraction of sp³-hybridized carbons (Fsp3) is 0.636. The summed E-state index contributed by atoms with van der Waals surface area (Å²) in [5, 5.41) is 13.2. The van der Waals surface area contributed by atoms with Crippen molar-refractivity contribution < 1.29 is 9.90 Å². The van der Waals surface area contributed by atoms with Gasteiger partial charge in [-0.15, -0.1) is 5.10 Å². The molecule has 0 aromatic carbocycles. The largest absolute Gasteiger partial charge is 0.480 e. The summed E-state index contributed by atoms with van der Waals surface area (Å²) in [5.41, 5.74) is -1.10. The number of carbonyl (C=O) groups is 1. The lowest BCUT2D eigenvalue weighted by Gasteiger charge is -2.23. The van der Waals surface area contributed by atoms with Crippen molar-refractivity contribution in [2.75, 3.05) is 11.4 Å². The second-order valence-corrected chi connectivity index (χ2v) is 4.84. The van der Waals surface area contributed by atoms with Gasteiger partial charge in [0.15, 0.2) is 0 Å². The Morgan fingerprint density at radius 2 is 2.00 bits per heavy atom. The highest BCUT2D eigenvalue weighted by Crippen LogP contribution is 2.26. The summed E-state index contributed by atoms with van der Waals surface area (Å²) >= 11 is 0. The standard InChI is InChI=1S/C11H16N4O4/c1-6-4-5-15(7(6)10(17)18)8-9(16)13(2)11(19)14(3)12-8/h6-7H,4-5H2,1-3H3,(H,17,18). The van der Waals surface area contributed by atoms with Gasteiger partial charge in [0, 0.05) is 20.6 Å². The average Bonchev–Trinajstić information content (AvgIpc) is 2.73. The van der Waals surface area contributed by atoms with Crippen LogP contribution >= 0.6 is 0 Å². The number of carboxylic acid groups (broad SMARTS) is 1. The highest BCUT2D eigenvalue weighted by atomic mass is 16.4. The monoisotopic (exact) mass is 268 g/mol. The van der Waals surface area contributed by atoms with Crippen LogP contribution in [0.5, 0.6) is 0 Å². The molecule has 1 aliphatic rings. The van der Waals surface area contributed by atoms with Crippen molar-refractivity contribution in [1.29, 1.82) is 0 Å². The Balaban J connectivity index is 2.57. The van der Waals surface area contributed by atoms with Crippen molar-refractivity contribution in [1.82, 2.24) is 14.3 Å². The van der Waals surface area contributed by atoms with E-state index in [1.165, 1.54) is 19.0 Å². The first-order chi connectivity index (χ1) is 8.84. The fourth-order valence-corrected chi connectivity index (χ4v) is 2.42. The molecule has 104 valence electrons. The van der Waals surface area contributed by atoms with Crippen LogP contribution in [0.15, 0.2) is 9.59 Å². The van der Waals surface area contributed by atoms with E-state index >= 15 is 0 Å². The highest BCUT2D eigenvalue weighted by Gasteiger charge is 2.39. The van der Waals surface area contributed by atoms with Gasteiger partial charge >= 0.3 is 11.7 Å². The molecule has 1 fully saturated rings. The maximum Gasteiger partial charge on any atom is 0.346 e. The minimum absolute atomic E-state index is 0.0151. The quantitative estimate of drug-likeness (QED) is 0.722. The summed E-state index contributed by atoms with van der Waals surface area (Å²) in [5.74, 6) is -1.04. The molecule has 1 N–H and O–H groups in total. The summed E-state index contributed by atoms with van der Waals surface area (Å²) in [7, 11) is 2.78. The molecule has 2 unspecified atom stereocenters. The van der Waals surface area contributed by atoms with E-state index in [4.69, 9.17) is 0 Å². The SMILES string of the molecule is CC1CCN(c2nn(C)c(=O)n(C)c2=O)C1C(=O)O. The van der Waals surface area contributed by atoms with Crippen LogP contribution in [0.25, 0.3) is 0 Å². The van der Waals surface area contributed by atoms with Gasteiger partial charge in [0.25, 0.3) is 5.56 Å². The maximum atomic E-state index is 12.1. The molecule has 2 atom stereocenters. The summed E-state index contributed by atoms with van der Waals surface area (Å²) in [6.07, 6.45) is 0.671. The number of rotatable bonds is 2. The van der Waals surface area contributed by atoms with Crippen LogP contribution in [0, 0.1) is 5.92 Å². The lowest BCUT2D eigenvalue weighted by molar-refractivity contribution is -0.139. The van der Waals surface area contributed by atoms with Crippen molar-refractivity contribution in [3.05, 3.63) is 20.8 Å². The van der Waals surface area contributed by atoms with E-state index in [9.17, 15) is 19.5 Å². The van der Waals surface area contributed by atoms with Crippen molar-refractivity contribution in [2.45, 2.75) is 19.4 Å². The second-order valence-electron chi connectivity index (χ2n) is 4.84. The maximum absolute atomic E-state index is 12.1. The van der Waals surface area contributed by atoms with Crippen LogP contribution in [0.2, 0.25) is 0 Å². The molecule has 1 aromatic heterocycles. The van der Waals surface area contributed by atoms with Gasteiger partial charge < -0.3 is 10.0 Å². The number of anilines is 1. The zero-order valence-electron chi connectivity index (χ0n) is 11.0. The first kappa shape index (κ1) is 13.3. The zero-order chi connectivity index (χ0) is 14.3. The Hall–Kier alpha value is -2.12. The molecule has 0 amide bonds. The van der Waals surface area contributed by atoms with Gasteiger partial charge in [0.2, 0.25) is 5.82 Å². The summed E-state index contributed by atoms with van der Waals surface area (Å²) in [6.45, 7) is 2.27. The predicted octanol–water partition coefficient (Wildman–Crippen LogP) is -1.22.